The monoisotopic (exact) mass is 350 g/mol. The molecule has 0 atom stereocenters. The van der Waals surface area contributed by atoms with Gasteiger partial charge < -0.3 is 20.2 Å². The van der Waals surface area contributed by atoms with Gasteiger partial charge in [-0.25, -0.2) is 4.98 Å². The van der Waals surface area contributed by atoms with Crippen LogP contribution >= 0.6 is 0 Å². The largest absolute Gasteiger partial charge is 0.503 e. The Bertz CT molecular complexity index is 1090. The van der Waals surface area contributed by atoms with Crippen molar-refractivity contribution in [3.63, 3.8) is 0 Å². The molecule has 3 heterocycles. The number of carbonyl (C=O) groups is 1. The zero-order valence-electron chi connectivity index (χ0n) is 14.2. The third-order valence-corrected chi connectivity index (χ3v) is 4.39. The van der Waals surface area contributed by atoms with E-state index in [1.165, 1.54) is 4.57 Å². The van der Waals surface area contributed by atoms with Gasteiger partial charge in [-0.3, -0.25) is 9.36 Å². The summed E-state index contributed by atoms with van der Waals surface area (Å²) >= 11 is 0. The van der Waals surface area contributed by atoms with E-state index >= 15 is 0 Å². The number of benzene rings is 1. The molecule has 0 fully saturated rings. The Kier molecular flexibility index (Phi) is 3.76. The minimum Gasteiger partial charge on any atom is -0.503 e. The third-order valence-electron chi connectivity index (χ3n) is 4.39. The Morgan fingerprint density at radius 1 is 1.23 bits per heavy atom. The summed E-state index contributed by atoms with van der Waals surface area (Å²) < 4.78 is 1.48. The zero-order chi connectivity index (χ0) is 18.3. The first-order valence-corrected chi connectivity index (χ1v) is 8.39. The highest BCUT2D eigenvalue weighted by atomic mass is 16.3. The first-order valence-electron chi connectivity index (χ1n) is 8.39. The molecule has 4 N–H and O–H groups in total. The van der Waals surface area contributed by atoms with Crippen LogP contribution in [0.2, 0.25) is 0 Å². The first kappa shape index (κ1) is 16.0. The predicted octanol–water partition coefficient (Wildman–Crippen LogP) is 3.74. The van der Waals surface area contributed by atoms with Crippen LogP contribution in [0.25, 0.3) is 28.1 Å². The Morgan fingerprint density at radius 2 is 2.08 bits per heavy atom. The maximum absolute atomic E-state index is 12.6. The lowest BCUT2D eigenvalue weighted by Gasteiger charge is -2.11. The molecule has 132 valence electrons. The summed E-state index contributed by atoms with van der Waals surface area (Å²) in [5.41, 5.74) is 3.36. The van der Waals surface area contributed by atoms with Gasteiger partial charge in [0.1, 0.15) is 0 Å². The topological polar surface area (TPSA) is 107 Å². The lowest BCUT2D eigenvalue weighted by atomic mass is 10.0. The second-order valence-electron chi connectivity index (χ2n) is 6.09. The molecule has 0 saturated carbocycles. The van der Waals surface area contributed by atoms with E-state index in [2.05, 4.69) is 15.0 Å². The molecule has 0 aliphatic heterocycles. The molecule has 0 saturated heterocycles. The van der Waals surface area contributed by atoms with Gasteiger partial charge in [0.2, 0.25) is 5.88 Å². The van der Waals surface area contributed by atoms with Gasteiger partial charge >= 0.3 is 0 Å². The van der Waals surface area contributed by atoms with Crippen molar-refractivity contribution >= 4 is 16.8 Å². The van der Waals surface area contributed by atoms with Crippen LogP contribution in [0.1, 0.15) is 30.1 Å². The fraction of sp³-hybridized carbons (Fsp3) is 0.158. The van der Waals surface area contributed by atoms with Crippen LogP contribution in [0.3, 0.4) is 0 Å². The molecule has 26 heavy (non-hydrogen) atoms. The van der Waals surface area contributed by atoms with Crippen LogP contribution in [-0.4, -0.2) is 35.5 Å². The summed E-state index contributed by atoms with van der Waals surface area (Å²) in [6.07, 6.45) is 4.25. The number of aromatic nitrogens is 4. The van der Waals surface area contributed by atoms with E-state index in [4.69, 9.17) is 0 Å². The van der Waals surface area contributed by atoms with Gasteiger partial charge in [0.25, 0.3) is 0 Å². The van der Waals surface area contributed by atoms with Crippen LogP contribution < -0.4 is 0 Å². The van der Waals surface area contributed by atoms with Gasteiger partial charge in [-0.2, -0.15) is 0 Å². The average molecular weight is 350 g/mol. The van der Waals surface area contributed by atoms with Gasteiger partial charge in [0.15, 0.2) is 11.5 Å². The molecule has 3 aromatic heterocycles. The first-order chi connectivity index (χ1) is 12.6. The van der Waals surface area contributed by atoms with Gasteiger partial charge in [0.05, 0.1) is 40.0 Å². The zero-order valence-corrected chi connectivity index (χ0v) is 14.2. The smallest absolute Gasteiger partial charge is 0.240 e. The van der Waals surface area contributed by atoms with Crippen molar-refractivity contribution in [1.29, 1.82) is 0 Å². The average Bonchev–Trinajstić information content (AvgIpc) is 3.35. The van der Waals surface area contributed by atoms with Crippen LogP contribution in [-0.2, 0) is 0 Å². The molecule has 4 rings (SSSR count). The van der Waals surface area contributed by atoms with E-state index in [0.717, 1.165) is 11.0 Å². The third kappa shape index (κ3) is 2.36. The summed E-state index contributed by atoms with van der Waals surface area (Å²) in [6.45, 7) is 1.90. The van der Waals surface area contributed by atoms with E-state index in [0.29, 0.717) is 23.5 Å². The maximum Gasteiger partial charge on any atom is 0.240 e. The molecule has 0 aliphatic carbocycles. The van der Waals surface area contributed by atoms with E-state index in [9.17, 15) is 15.0 Å². The maximum atomic E-state index is 12.6. The molecule has 7 heteroatoms. The predicted molar refractivity (Wildman–Crippen MR) is 97.8 cm³/mol. The number of nitrogens with zero attached hydrogens (tertiary/aromatic N) is 2. The van der Waals surface area contributed by atoms with Crippen molar-refractivity contribution < 1.29 is 15.0 Å². The number of hydrogen-bond acceptors (Lipinski definition) is 4. The highest BCUT2D eigenvalue weighted by Crippen LogP contribution is 2.43. The fourth-order valence-electron chi connectivity index (χ4n) is 3.21. The van der Waals surface area contributed by atoms with Gasteiger partial charge in [-0.1, -0.05) is 6.92 Å². The van der Waals surface area contributed by atoms with Crippen LogP contribution in [0, 0.1) is 0 Å². The lowest BCUT2D eigenvalue weighted by Crippen LogP contribution is -2.03. The number of fused-ring (bicyclic) bond motifs is 1. The van der Waals surface area contributed by atoms with E-state index in [1.54, 1.807) is 30.7 Å². The van der Waals surface area contributed by atoms with Gasteiger partial charge in [0, 0.05) is 12.6 Å². The second kappa shape index (κ2) is 6.11. The molecular weight excluding hydrogens is 332 g/mol. The molecular formula is C19H18N4O3. The van der Waals surface area contributed by atoms with Gasteiger partial charge in [-0.15, -0.1) is 0 Å². The van der Waals surface area contributed by atoms with Crippen molar-refractivity contribution in [3.8, 4) is 28.7 Å². The number of rotatable bonds is 5. The highest BCUT2D eigenvalue weighted by molar-refractivity contribution is 6.05. The Morgan fingerprint density at radius 3 is 2.81 bits per heavy atom. The Labute approximate surface area is 148 Å². The standard InChI is InChI=1S/C19H18N4O3/c1-2-4-15(24)16-17(13-5-3-8-20-13)23(19(26)18(16)25)11-6-7-12-14(9-11)22-10-21-12/h3,5-10,20,25-26H,2,4H2,1H3,(H,21,22). The quantitative estimate of drug-likeness (QED) is 0.411. The van der Waals surface area contributed by atoms with E-state index in [1.807, 2.05) is 19.1 Å². The molecule has 7 nitrogen and oxygen atoms in total. The number of hydrogen-bond donors (Lipinski definition) is 4. The number of imidazole rings is 1. The normalized spacial score (nSPS) is 11.3. The van der Waals surface area contributed by atoms with Crippen LogP contribution in [0.15, 0.2) is 42.9 Å². The minimum absolute atomic E-state index is 0.122. The van der Waals surface area contributed by atoms with Crippen molar-refractivity contribution in [2.75, 3.05) is 0 Å². The number of aromatic amines is 2. The number of H-pyrrole nitrogens is 2. The molecule has 0 radical (unpaired) electrons. The number of Topliss-reactive ketones (excluding diaryl/α,β-unsaturated/α-hetero) is 1. The minimum atomic E-state index is -0.405. The van der Waals surface area contributed by atoms with Crippen LogP contribution in [0.5, 0.6) is 11.6 Å². The Hall–Kier alpha value is -3.48. The van der Waals surface area contributed by atoms with Crippen molar-refractivity contribution in [2.24, 2.45) is 0 Å². The molecule has 1 aromatic carbocycles. The summed E-state index contributed by atoms with van der Waals surface area (Å²) in [5, 5.41) is 21.1. The van der Waals surface area contributed by atoms with E-state index < -0.39 is 5.75 Å². The number of carbonyl (C=O) groups excluding carboxylic acids is 1. The second-order valence-corrected chi connectivity index (χ2v) is 6.09. The molecule has 0 aliphatic rings. The molecule has 0 unspecified atom stereocenters. The number of ketones is 1. The SMILES string of the molecule is CCCC(=O)c1c(O)c(O)n(-c2ccc3nc[nH]c3c2)c1-c1ccc[nH]1. The Balaban J connectivity index is 2.02. The summed E-state index contributed by atoms with van der Waals surface area (Å²) in [7, 11) is 0. The fourth-order valence-corrected chi connectivity index (χ4v) is 3.21. The molecule has 0 bridgehead atoms. The summed E-state index contributed by atoms with van der Waals surface area (Å²) in [5.74, 6) is -0.989. The van der Waals surface area contributed by atoms with Crippen molar-refractivity contribution in [1.82, 2.24) is 19.5 Å². The molecule has 0 amide bonds. The van der Waals surface area contributed by atoms with E-state index in [-0.39, 0.29) is 23.6 Å². The van der Waals surface area contributed by atoms with Crippen molar-refractivity contribution in [3.05, 3.63) is 48.4 Å². The lowest BCUT2D eigenvalue weighted by molar-refractivity contribution is 0.0979. The summed E-state index contributed by atoms with van der Waals surface area (Å²) in [4.78, 5) is 22.9. The van der Waals surface area contributed by atoms with Crippen molar-refractivity contribution in [2.45, 2.75) is 19.8 Å². The number of nitrogens with one attached hydrogen (secondary N) is 2. The molecule has 4 aromatic rings. The summed E-state index contributed by atoms with van der Waals surface area (Å²) in [6, 6.07) is 8.99. The number of aromatic hydroxyl groups is 2. The van der Waals surface area contributed by atoms with Crippen LogP contribution in [0.4, 0.5) is 0 Å². The van der Waals surface area contributed by atoms with Gasteiger partial charge in [-0.05, 0) is 36.8 Å². The molecule has 0 spiro atoms. The highest BCUT2D eigenvalue weighted by Gasteiger charge is 2.29.